The number of hydrogen-bond donors (Lipinski definition) is 0. The van der Waals surface area contributed by atoms with Gasteiger partial charge in [0.1, 0.15) is 6.04 Å². The molecule has 0 spiro atoms. The number of carbonyl (C=O) groups excluding carboxylic acids is 2. The van der Waals surface area contributed by atoms with Crippen LogP contribution in [-0.4, -0.2) is 49.1 Å². The number of nitrogens with zero attached hydrogens (tertiary/aromatic N) is 2. The third-order valence-corrected chi connectivity index (χ3v) is 4.42. The molecule has 0 unspecified atom stereocenters. The van der Waals surface area contributed by atoms with Crippen LogP contribution in [0.2, 0.25) is 0 Å². The van der Waals surface area contributed by atoms with E-state index in [1.54, 1.807) is 9.80 Å². The normalized spacial score (nSPS) is 20.3. The zero-order valence-electron chi connectivity index (χ0n) is 13.0. The summed E-state index contributed by atoms with van der Waals surface area (Å²) < 4.78 is 5.30. The fourth-order valence-electron chi connectivity index (χ4n) is 3.23. The minimum Gasteiger partial charge on any atom is -0.378 e. The number of benzene rings is 1. The van der Waals surface area contributed by atoms with Crippen LogP contribution in [0.1, 0.15) is 25.3 Å². The van der Waals surface area contributed by atoms with Gasteiger partial charge in [-0.2, -0.15) is 0 Å². The van der Waals surface area contributed by atoms with Gasteiger partial charge < -0.3 is 9.64 Å². The van der Waals surface area contributed by atoms with Crippen LogP contribution < -0.4 is 4.90 Å². The van der Waals surface area contributed by atoms with E-state index in [9.17, 15) is 9.59 Å². The number of rotatable bonds is 2. The van der Waals surface area contributed by atoms with Crippen LogP contribution in [0.15, 0.2) is 24.3 Å². The van der Waals surface area contributed by atoms with Crippen LogP contribution in [0.3, 0.4) is 0 Å². The van der Waals surface area contributed by atoms with Gasteiger partial charge in [-0.25, -0.2) is 0 Å². The number of fused-ring (bicyclic) bond motifs is 1. The van der Waals surface area contributed by atoms with Gasteiger partial charge in [0.15, 0.2) is 0 Å². The van der Waals surface area contributed by atoms with Crippen LogP contribution in [0.5, 0.6) is 0 Å². The van der Waals surface area contributed by atoms with Gasteiger partial charge in [0, 0.05) is 25.2 Å². The highest BCUT2D eigenvalue weighted by Crippen LogP contribution is 2.29. The van der Waals surface area contributed by atoms with E-state index >= 15 is 0 Å². The van der Waals surface area contributed by atoms with Gasteiger partial charge in [-0.1, -0.05) is 18.2 Å². The summed E-state index contributed by atoms with van der Waals surface area (Å²) in [4.78, 5) is 28.8. The number of aryl methyl sites for hydroxylation is 1. The third kappa shape index (κ3) is 2.86. The van der Waals surface area contributed by atoms with Crippen molar-refractivity contribution in [2.24, 2.45) is 0 Å². The van der Waals surface area contributed by atoms with E-state index in [-0.39, 0.29) is 11.8 Å². The Hall–Kier alpha value is -1.88. The number of anilines is 1. The molecule has 0 saturated carbocycles. The Morgan fingerprint density at radius 1 is 1.18 bits per heavy atom. The van der Waals surface area contributed by atoms with E-state index in [2.05, 4.69) is 0 Å². The summed E-state index contributed by atoms with van der Waals surface area (Å²) in [6.45, 7) is 4.18. The van der Waals surface area contributed by atoms with E-state index in [1.807, 2.05) is 31.2 Å². The van der Waals surface area contributed by atoms with Gasteiger partial charge >= 0.3 is 0 Å². The molecule has 0 aromatic heterocycles. The summed E-state index contributed by atoms with van der Waals surface area (Å²) in [5, 5.41) is 0. The Morgan fingerprint density at radius 2 is 1.91 bits per heavy atom. The van der Waals surface area contributed by atoms with Gasteiger partial charge in [-0.05, 0) is 31.4 Å². The van der Waals surface area contributed by atoms with Crippen LogP contribution in [-0.2, 0) is 20.7 Å². The summed E-state index contributed by atoms with van der Waals surface area (Å²) >= 11 is 0. The van der Waals surface area contributed by atoms with Crippen LogP contribution in [0.4, 0.5) is 5.69 Å². The Balaban J connectivity index is 1.87. The molecule has 5 heteroatoms. The van der Waals surface area contributed by atoms with Gasteiger partial charge in [-0.15, -0.1) is 0 Å². The number of morpholine rings is 1. The molecular weight excluding hydrogens is 280 g/mol. The maximum absolute atomic E-state index is 12.7. The summed E-state index contributed by atoms with van der Waals surface area (Å²) in [6.07, 6.45) is 2.22. The van der Waals surface area contributed by atoms with Crippen molar-refractivity contribution in [3.63, 3.8) is 0 Å². The molecule has 0 radical (unpaired) electrons. The fraction of sp³-hybridized carbons (Fsp3) is 0.529. The molecule has 0 aliphatic carbocycles. The first kappa shape index (κ1) is 15.0. The average molecular weight is 302 g/mol. The number of amides is 2. The summed E-state index contributed by atoms with van der Waals surface area (Å²) in [5.74, 6) is 0.0485. The average Bonchev–Trinajstić information content (AvgIpc) is 2.72. The Bertz CT molecular complexity index is 567. The van der Waals surface area contributed by atoms with Gasteiger partial charge in [-0.3, -0.25) is 14.5 Å². The molecule has 1 fully saturated rings. The number of para-hydroxylation sites is 1. The van der Waals surface area contributed by atoms with Crippen LogP contribution in [0, 0.1) is 0 Å². The maximum Gasteiger partial charge on any atom is 0.245 e. The molecular formula is C17H22N2O3. The molecule has 1 atom stereocenters. The lowest BCUT2D eigenvalue weighted by molar-refractivity contribution is -0.137. The molecule has 2 heterocycles. The first-order chi connectivity index (χ1) is 10.7. The van der Waals surface area contributed by atoms with Crippen molar-refractivity contribution in [3.8, 4) is 0 Å². The second kappa shape index (κ2) is 6.48. The standard InChI is InChI=1S/C17H22N2O3/c1-13(17(21)18-9-11-22-12-10-18)19-15-7-3-2-5-14(15)6-4-8-16(19)20/h2-3,5,7,13H,4,6,8-12H2,1H3/t13-/m1/s1. The first-order valence-electron chi connectivity index (χ1n) is 7.95. The maximum atomic E-state index is 12.7. The van der Waals surface area contributed by atoms with Crippen LogP contribution in [0.25, 0.3) is 0 Å². The lowest BCUT2D eigenvalue weighted by atomic mass is 10.1. The van der Waals surface area contributed by atoms with E-state index in [1.165, 1.54) is 0 Å². The Morgan fingerprint density at radius 3 is 2.68 bits per heavy atom. The lowest BCUT2D eigenvalue weighted by Crippen LogP contribution is -2.52. The molecule has 2 amide bonds. The molecule has 5 nitrogen and oxygen atoms in total. The monoisotopic (exact) mass is 302 g/mol. The van der Waals surface area contributed by atoms with Crippen molar-refractivity contribution in [1.82, 2.24) is 4.90 Å². The van der Waals surface area contributed by atoms with Crippen molar-refractivity contribution >= 4 is 17.5 Å². The predicted molar refractivity (Wildman–Crippen MR) is 83.7 cm³/mol. The molecule has 22 heavy (non-hydrogen) atoms. The molecule has 0 N–H and O–H groups in total. The first-order valence-corrected chi connectivity index (χ1v) is 7.95. The minimum absolute atomic E-state index is 0.00773. The van der Waals surface area contributed by atoms with E-state index < -0.39 is 6.04 Å². The van der Waals surface area contributed by atoms with E-state index in [0.717, 1.165) is 24.1 Å². The molecule has 0 bridgehead atoms. The SMILES string of the molecule is C[C@H](C(=O)N1CCOCC1)N1C(=O)CCCc2ccccc21. The van der Waals surface area contributed by atoms with Crippen molar-refractivity contribution in [3.05, 3.63) is 29.8 Å². The molecule has 2 aliphatic heterocycles. The van der Waals surface area contributed by atoms with Crippen molar-refractivity contribution in [2.75, 3.05) is 31.2 Å². The molecule has 1 saturated heterocycles. The molecule has 1 aromatic carbocycles. The zero-order chi connectivity index (χ0) is 15.5. The second-order valence-corrected chi connectivity index (χ2v) is 5.86. The largest absolute Gasteiger partial charge is 0.378 e. The zero-order valence-corrected chi connectivity index (χ0v) is 13.0. The highest BCUT2D eigenvalue weighted by molar-refractivity contribution is 6.01. The summed E-state index contributed by atoms with van der Waals surface area (Å²) in [7, 11) is 0. The fourth-order valence-corrected chi connectivity index (χ4v) is 3.23. The minimum atomic E-state index is -0.468. The highest BCUT2D eigenvalue weighted by atomic mass is 16.5. The molecule has 3 rings (SSSR count). The third-order valence-electron chi connectivity index (χ3n) is 4.42. The number of carbonyl (C=O) groups is 2. The molecule has 2 aliphatic rings. The van der Waals surface area contributed by atoms with Crippen LogP contribution >= 0.6 is 0 Å². The second-order valence-electron chi connectivity index (χ2n) is 5.86. The Labute approximate surface area is 130 Å². The van der Waals surface area contributed by atoms with Gasteiger partial charge in [0.05, 0.1) is 13.2 Å². The van der Waals surface area contributed by atoms with Crippen molar-refractivity contribution in [1.29, 1.82) is 0 Å². The van der Waals surface area contributed by atoms with Crippen molar-refractivity contribution < 1.29 is 14.3 Å². The molecule has 118 valence electrons. The smallest absolute Gasteiger partial charge is 0.245 e. The topological polar surface area (TPSA) is 49.9 Å². The molecule has 1 aromatic rings. The van der Waals surface area contributed by atoms with E-state index in [4.69, 9.17) is 4.74 Å². The predicted octanol–water partition coefficient (Wildman–Crippen LogP) is 1.60. The van der Waals surface area contributed by atoms with Gasteiger partial charge in [0.2, 0.25) is 11.8 Å². The number of ether oxygens (including phenoxy) is 1. The van der Waals surface area contributed by atoms with Crippen molar-refractivity contribution in [2.45, 2.75) is 32.2 Å². The quantitative estimate of drug-likeness (QED) is 0.834. The van der Waals surface area contributed by atoms with Gasteiger partial charge in [0.25, 0.3) is 0 Å². The highest BCUT2D eigenvalue weighted by Gasteiger charge is 2.33. The summed E-state index contributed by atoms with van der Waals surface area (Å²) in [5.41, 5.74) is 2.04. The lowest BCUT2D eigenvalue weighted by Gasteiger charge is -2.34. The number of hydrogen-bond acceptors (Lipinski definition) is 3. The van der Waals surface area contributed by atoms with E-state index in [0.29, 0.717) is 32.7 Å². The Kier molecular flexibility index (Phi) is 4.43. The summed E-state index contributed by atoms with van der Waals surface area (Å²) in [6, 6.07) is 7.44.